The van der Waals surface area contributed by atoms with E-state index in [1.54, 1.807) is 12.2 Å². The van der Waals surface area contributed by atoms with E-state index < -0.39 is 35.6 Å². The molecule has 1 aliphatic heterocycles. The molecule has 4 unspecified atom stereocenters. The lowest BCUT2D eigenvalue weighted by molar-refractivity contribution is -0.121. The van der Waals surface area contributed by atoms with Crippen LogP contribution in [-0.4, -0.2) is 33.9 Å². The first kappa shape index (κ1) is 22.8. The van der Waals surface area contributed by atoms with E-state index in [1.165, 1.54) is 19.3 Å². The van der Waals surface area contributed by atoms with Gasteiger partial charge in [0.15, 0.2) is 0 Å². The molecule has 3 aliphatic rings. The fourth-order valence-corrected chi connectivity index (χ4v) is 5.16. The average molecular weight is 416 g/mol. The average Bonchev–Trinajstić information content (AvgIpc) is 2.63. The zero-order valence-electron chi connectivity index (χ0n) is 18.9. The number of carbonyl (C=O) groups is 1. The normalized spacial score (nSPS) is 30.1. The number of nitrogens with two attached hydrogens (primary N) is 1. The molecule has 0 aromatic heterocycles. The van der Waals surface area contributed by atoms with Crippen molar-refractivity contribution in [2.45, 2.75) is 84.5 Å². The van der Waals surface area contributed by atoms with E-state index in [9.17, 15) is 15.0 Å². The van der Waals surface area contributed by atoms with E-state index in [0.29, 0.717) is 16.9 Å². The number of hydrogen-bond acceptors (Lipinski definition) is 4. The number of unbranched alkanes of at least 4 members (excludes halogenated alkanes) is 3. The largest absolute Gasteiger partial charge is 0.487 e. The Morgan fingerprint density at radius 3 is 2.53 bits per heavy atom. The standard InChI is InChI=1S/C25H37NO4/c1-6-7-8-9-12-24(2,3)15-13-18(28)21-19(14-15)30-25(4,5)22-17(27)11-10-16(20(21)22)23(26)29/h10-11,13-14,16-18,22,27-28H,6-9,12H2,1-5H3,(H2,26,29). The Labute approximate surface area is 180 Å². The van der Waals surface area contributed by atoms with Gasteiger partial charge < -0.3 is 20.7 Å². The fraction of sp³-hybridized carbons (Fsp3) is 0.640. The van der Waals surface area contributed by atoms with Crippen molar-refractivity contribution in [2.24, 2.45) is 23.0 Å². The molecule has 1 amide bonds. The highest BCUT2D eigenvalue weighted by Crippen LogP contribution is 2.50. The van der Waals surface area contributed by atoms with Gasteiger partial charge in [0.25, 0.3) is 0 Å². The minimum absolute atomic E-state index is 0.0999. The van der Waals surface area contributed by atoms with Gasteiger partial charge in [-0.1, -0.05) is 58.6 Å². The number of ether oxygens (including phenoxy) is 1. The van der Waals surface area contributed by atoms with Crippen LogP contribution < -0.4 is 5.73 Å². The Balaban J connectivity index is 2.02. The van der Waals surface area contributed by atoms with E-state index in [-0.39, 0.29) is 5.41 Å². The first-order chi connectivity index (χ1) is 14.0. The molecule has 166 valence electrons. The molecule has 0 spiro atoms. The molecule has 0 saturated heterocycles. The van der Waals surface area contributed by atoms with Gasteiger partial charge in [0.2, 0.25) is 5.91 Å². The molecule has 0 saturated carbocycles. The number of carbonyl (C=O) groups excluding carboxylic acids is 1. The van der Waals surface area contributed by atoms with E-state index in [2.05, 4.69) is 20.8 Å². The van der Waals surface area contributed by atoms with Crippen LogP contribution >= 0.6 is 0 Å². The number of primary amides is 1. The van der Waals surface area contributed by atoms with E-state index in [4.69, 9.17) is 10.5 Å². The lowest BCUT2D eigenvalue weighted by Gasteiger charge is -2.49. The summed E-state index contributed by atoms with van der Waals surface area (Å²) in [5.41, 5.74) is 7.16. The van der Waals surface area contributed by atoms with Crippen LogP contribution in [0, 0.1) is 17.3 Å². The van der Waals surface area contributed by atoms with Gasteiger partial charge >= 0.3 is 0 Å². The lowest BCUT2D eigenvalue weighted by atomic mass is 9.66. The zero-order chi connectivity index (χ0) is 22.3. The number of rotatable bonds is 7. The Morgan fingerprint density at radius 1 is 1.20 bits per heavy atom. The molecule has 30 heavy (non-hydrogen) atoms. The molecule has 0 fully saturated rings. The van der Waals surface area contributed by atoms with Crippen molar-refractivity contribution >= 4 is 5.91 Å². The number of aliphatic hydroxyl groups is 2. The molecule has 0 aromatic carbocycles. The summed E-state index contributed by atoms with van der Waals surface area (Å²) in [6.07, 6.45) is 11.2. The second-order valence-corrected chi connectivity index (χ2v) is 10.1. The van der Waals surface area contributed by atoms with E-state index >= 15 is 0 Å². The van der Waals surface area contributed by atoms with Gasteiger partial charge in [0.1, 0.15) is 17.5 Å². The van der Waals surface area contributed by atoms with Crippen LogP contribution in [-0.2, 0) is 9.53 Å². The first-order valence-corrected chi connectivity index (χ1v) is 11.2. The minimum Gasteiger partial charge on any atom is -0.487 e. The van der Waals surface area contributed by atoms with Gasteiger partial charge in [0, 0.05) is 5.57 Å². The maximum Gasteiger partial charge on any atom is 0.228 e. The summed E-state index contributed by atoms with van der Waals surface area (Å²) in [4.78, 5) is 12.2. The molecule has 5 nitrogen and oxygen atoms in total. The smallest absolute Gasteiger partial charge is 0.228 e. The molecule has 4 atom stereocenters. The molecule has 0 radical (unpaired) electrons. The molecule has 4 N–H and O–H groups in total. The SMILES string of the molecule is CCCCCCC(C)(C)C1=CC(O)C2=C3C(C(N)=O)C=CC(O)C3C(C)(C)OC2=C1. The number of hydrogen-bond donors (Lipinski definition) is 3. The second kappa shape index (κ2) is 8.35. The molecule has 0 aromatic rings. The van der Waals surface area contributed by atoms with E-state index in [1.807, 2.05) is 26.0 Å². The number of allylic oxidation sites excluding steroid dienone is 2. The van der Waals surface area contributed by atoms with Crippen molar-refractivity contribution in [1.29, 1.82) is 0 Å². The molecule has 0 bridgehead atoms. The van der Waals surface area contributed by atoms with Gasteiger partial charge in [-0.15, -0.1) is 0 Å². The summed E-state index contributed by atoms with van der Waals surface area (Å²) < 4.78 is 6.34. The van der Waals surface area contributed by atoms with Gasteiger partial charge in [-0.2, -0.15) is 0 Å². The highest BCUT2D eigenvalue weighted by Gasteiger charge is 2.51. The Morgan fingerprint density at radius 2 is 1.90 bits per heavy atom. The minimum atomic E-state index is -0.899. The third-order valence-corrected chi connectivity index (χ3v) is 6.87. The van der Waals surface area contributed by atoms with Crippen molar-refractivity contribution < 1.29 is 19.7 Å². The van der Waals surface area contributed by atoms with Crippen LogP contribution in [0.1, 0.15) is 66.7 Å². The molecule has 5 heteroatoms. The number of fused-ring (bicyclic) bond motifs is 2. The Bertz CT molecular complexity index is 815. The highest BCUT2D eigenvalue weighted by atomic mass is 16.5. The van der Waals surface area contributed by atoms with Gasteiger partial charge in [-0.05, 0) is 49.0 Å². The third-order valence-electron chi connectivity index (χ3n) is 6.87. The van der Waals surface area contributed by atoms with E-state index in [0.717, 1.165) is 18.4 Å². The highest BCUT2D eigenvalue weighted by molar-refractivity contribution is 5.83. The topological polar surface area (TPSA) is 92.8 Å². The molecular weight excluding hydrogens is 378 g/mol. The van der Waals surface area contributed by atoms with Gasteiger partial charge in [-0.3, -0.25) is 4.79 Å². The van der Waals surface area contributed by atoms with Crippen LogP contribution in [0.15, 0.2) is 46.8 Å². The van der Waals surface area contributed by atoms with Crippen molar-refractivity contribution in [3.63, 3.8) is 0 Å². The van der Waals surface area contributed by atoms with Crippen molar-refractivity contribution in [3.8, 4) is 0 Å². The summed E-state index contributed by atoms with van der Waals surface area (Å²) in [5, 5.41) is 21.8. The summed E-state index contributed by atoms with van der Waals surface area (Å²) in [6.45, 7) is 10.4. The molecular formula is C25H37NO4. The Hall–Kier alpha value is -1.85. The first-order valence-electron chi connectivity index (χ1n) is 11.2. The summed E-state index contributed by atoms with van der Waals surface area (Å²) in [7, 11) is 0. The van der Waals surface area contributed by atoms with Crippen LogP contribution in [0.25, 0.3) is 0 Å². The van der Waals surface area contributed by atoms with Crippen LogP contribution in [0.2, 0.25) is 0 Å². The molecule has 3 rings (SSSR count). The lowest BCUT2D eigenvalue weighted by Crippen LogP contribution is -2.51. The number of amides is 1. The maximum atomic E-state index is 12.2. The summed E-state index contributed by atoms with van der Waals surface area (Å²) in [6, 6.07) is 0. The molecule has 2 aliphatic carbocycles. The Kier molecular flexibility index (Phi) is 6.35. The van der Waals surface area contributed by atoms with Crippen molar-refractivity contribution in [1.82, 2.24) is 0 Å². The summed E-state index contributed by atoms with van der Waals surface area (Å²) in [5.74, 6) is -1.00. The maximum absolute atomic E-state index is 12.2. The summed E-state index contributed by atoms with van der Waals surface area (Å²) >= 11 is 0. The fourth-order valence-electron chi connectivity index (χ4n) is 5.16. The quantitative estimate of drug-likeness (QED) is 0.434. The van der Waals surface area contributed by atoms with Crippen LogP contribution in [0.5, 0.6) is 0 Å². The van der Waals surface area contributed by atoms with Crippen LogP contribution in [0.3, 0.4) is 0 Å². The predicted octanol–water partition coefficient (Wildman–Crippen LogP) is 3.92. The van der Waals surface area contributed by atoms with Crippen molar-refractivity contribution in [3.05, 3.63) is 46.8 Å². The predicted molar refractivity (Wildman–Crippen MR) is 118 cm³/mol. The van der Waals surface area contributed by atoms with Crippen LogP contribution in [0.4, 0.5) is 0 Å². The number of aliphatic hydroxyl groups excluding tert-OH is 2. The zero-order valence-corrected chi connectivity index (χ0v) is 18.9. The third kappa shape index (κ3) is 4.15. The van der Waals surface area contributed by atoms with Gasteiger partial charge in [-0.25, -0.2) is 0 Å². The van der Waals surface area contributed by atoms with Crippen molar-refractivity contribution in [2.75, 3.05) is 0 Å². The second-order valence-electron chi connectivity index (χ2n) is 10.1. The monoisotopic (exact) mass is 415 g/mol. The van der Waals surface area contributed by atoms with Gasteiger partial charge in [0.05, 0.1) is 17.9 Å². The molecule has 1 heterocycles.